The second-order valence-electron chi connectivity index (χ2n) is 4.91. The largest absolute Gasteiger partial charge is 0.392 e. The minimum atomic E-state index is -0.535. The van der Waals surface area contributed by atoms with Crippen molar-refractivity contribution in [1.29, 1.82) is 0 Å². The van der Waals surface area contributed by atoms with Crippen LogP contribution in [0.2, 0.25) is 0 Å². The van der Waals surface area contributed by atoms with Gasteiger partial charge in [0.2, 0.25) is 0 Å². The summed E-state index contributed by atoms with van der Waals surface area (Å²) in [4.78, 5) is 0. The molecule has 3 atom stereocenters. The van der Waals surface area contributed by atoms with E-state index >= 15 is 0 Å². The monoisotopic (exact) mass is 201 g/mol. The van der Waals surface area contributed by atoms with Crippen LogP contribution in [-0.2, 0) is 0 Å². The van der Waals surface area contributed by atoms with Crippen LogP contribution in [0, 0.1) is 5.92 Å². The predicted octanol–water partition coefficient (Wildman–Crippen LogP) is 0.898. The van der Waals surface area contributed by atoms with Crippen LogP contribution in [0.5, 0.6) is 0 Å². The van der Waals surface area contributed by atoms with Gasteiger partial charge < -0.3 is 15.5 Å². The van der Waals surface area contributed by atoms with Crippen LogP contribution in [0.3, 0.4) is 0 Å². The van der Waals surface area contributed by atoms with Gasteiger partial charge in [0.25, 0.3) is 0 Å². The van der Waals surface area contributed by atoms with Crippen molar-refractivity contribution in [2.45, 2.75) is 51.2 Å². The molecule has 0 aromatic heterocycles. The summed E-state index contributed by atoms with van der Waals surface area (Å²) in [7, 11) is 0. The van der Waals surface area contributed by atoms with Crippen LogP contribution in [0.15, 0.2) is 0 Å². The van der Waals surface area contributed by atoms with Crippen LogP contribution >= 0.6 is 0 Å². The highest BCUT2D eigenvalue weighted by molar-refractivity contribution is 4.87. The predicted molar refractivity (Wildman–Crippen MR) is 57.1 cm³/mol. The van der Waals surface area contributed by atoms with E-state index in [2.05, 4.69) is 12.2 Å². The zero-order chi connectivity index (χ0) is 10.6. The molecule has 0 saturated heterocycles. The Kier molecular flexibility index (Phi) is 4.35. The van der Waals surface area contributed by atoms with Gasteiger partial charge in [-0.2, -0.15) is 0 Å². The quantitative estimate of drug-likeness (QED) is 0.633. The van der Waals surface area contributed by atoms with Crippen LogP contribution in [-0.4, -0.2) is 35.0 Å². The lowest BCUT2D eigenvalue weighted by molar-refractivity contribution is -0.0131. The van der Waals surface area contributed by atoms with E-state index in [1.807, 2.05) is 0 Å². The number of aliphatic hydroxyl groups excluding tert-OH is 1. The Labute approximate surface area is 86.5 Å². The lowest BCUT2D eigenvalue weighted by Gasteiger charge is -2.35. The summed E-state index contributed by atoms with van der Waals surface area (Å²) in [5.74, 6) is 0.627. The van der Waals surface area contributed by atoms with Crippen molar-refractivity contribution >= 4 is 0 Å². The van der Waals surface area contributed by atoms with Gasteiger partial charge >= 0.3 is 0 Å². The highest BCUT2D eigenvalue weighted by Crippen LogP contribution is 2.31. The first-order valence-corrected chi connectivity index (χ1v) is 5.63. The third kappa shape index (κ3) is 3.95. The lowest BCUT2D eigenvalue weighted by atomic mass is 9.79. The van der Waals surface area contributed by atoms with E-state index in [1.54, 1.807) is 6.92 Å². The van der Waals surface area contributed by atoms with E-state index in [1.165, 1.54) is 6.42 Å². The molecular formula is C11H23NO2. The van der Waals surface area contributed by atoms with E-state index < -0.39 is 5.60 Å². The molecule has 1 saturated carbocycles. The highest BCUT2D eigenvalue weighted by Gasteiger charge is 2.31. The van der Waals surface area contributed by atoms with Crippen molar-refractivity contribution in [3.05, 3.63) is 0 Å². The lowest BCUT2D eigenvalue weighted by Crippen LogP contribution is -2.45. The maximum absolute atomic E-state index is 10.2. The summed E-state index contributed by atoms with van der Waals surface area (Å²) in [6, 6.07) is 0. The molecule has 0 spiro atoms. The molecule has 1 fully saturated rings. The number of aliphatic hydroxyl groups is 2. The van der Waals surface area contributed by atoms with Crippen LogP contribution in [0.1, 0.15) is 39.5 Å². The minimum absolute atomic E-state index is 0.334. The fourth-order valence-electron chi connectivity index (χ4n) is 2.31. The number of hydrogen-bond acceptors (Lipinski definition) is 3. The van der Waals surface area contributed by atoms with Gasteiger partial charge in [-0.1, -0.05) is 19.8 Å². The summed E-state index contributed by atoms with van der Waals surface area (Å²) in [5.41, 5.74) is -0.535. The first-order chi connectivity index (χ1) is 6.52. The van der Waals surface area contributed by atoms with E-state index in [-0.39, 0.29) is 6.10 Å². The molecule has 2 unspecified atom stereocenters. The van der Waals surface area contributed by atoms with Gasteiger partial charge in [-0.15, -0.1) is 0 Å². The summed E-state index contributed by atoms with van der Waals surface area (Å²) in [6.07, 6.45) is 3.80. The van der Waals surface area contributed by atoms with E-state index in [0.717, 1.165) is 19.3 Å². The molecule has 3 N–H and O–H groups in total. The second-order valence-corrected chi connectivity index (χ2v) is 4.91. The number of rotatable bonds is 4. The van der Waals surface area contributed by atoms with Crippen molar-refractivity contribution in [1.82, 2.24) is 5.32 Å². The van der Waals surface area contributed by atoms with Crippen molar-refractivity contribution in [3.63, 3.8) is 0 Å². The van der Waals surface area contributed by atoms with Crippen LogP contribution < -0.4 is 5.32 Å². The van der Waals surface area contributed by atoms with Gasteiger partial charge in [0.05, 0.1) is 11.7 Å². The van der Waals surface area contributed by atoms with Crippen LogP contribution in [0.4, 0.5) is 0 Å². The average Bonchev–Trinajstić information content (AvgIpc) is 2.01. The van der Waals surface area contributed by atoms with E-state index in [0.29, 0.717) is 19.0 Å². The maximum Gasteiger partial charge on any atom is 0.0774 e. The molecule has 3 heteroatoms. The van der Waals surface area contributed by atoms with Crippen molar-refractivity contribution < 1.29 is 10.2 Å². The number of hydrogen-bond donors (Lipinski definition) is 3. The molecule has 1 aliphatic rings. The van der Waals surface area contributed by atoms with E-state index in [9.17, 15) is 5.11 Å². The molecule has 0 amide bonds. The van der Waals surface area contributed by atoms with Crippen molar-refractivity contribution in [2.75, 3.05) is 13.1 Å². The third-order valence-corrected chi connectivity index (χ3v) is 2.96. The Hall–Kier alpha value is -0.120. The third-order valence-electron chi connectivity index (χ3n) is 2.96. The van der Waals surface area contributed by atoms with Gasteiger partial charge in [-0.25, -0.2) is 0 Å². The summed E-state index contributed by atoms with van der Waals surface area (Å²) in [5, 5.41) is 22.4. The van der Waals surface area contributed by atoms with E-state index in [4.69, 9.17) is 5.11 Å². The van der Waals surface area contributed by atoms with Crippen LogP contribution in [0.25, 0.3) is 0 Å². The first-order valence-electron chi connectivity index (χ1n) is 5.63. The average molecular weight is 201 g/mol. The maximum atomic E-state index is 10.2. The Morgan fingerprint density at radius 1 is 1.57 bits per heavy atom. The molecule has 0 aliphatic heterocycles. The topological polar surface area (TPSA) is 52.5 Å². The normalized spacial score (nSPS) is 35.6. The molecule has 14 heavy (non-hydrogen) atoms. The molecule has 84 valence electrons. The van der Waals surface area contributed by atoms with Crippen molar-refractivity contribution in [2.24, 2.45) is 5.92 Å². The SMILES string of the molecule is CC1CCCC(O)(CNC[C@H](C)O)C1. The first kappa shape index (κ1) is 12.0. The van der Waals surface area contributed by atoms with Gasteiger partial charge in [-0.3, -0.25) is 0 Å². The molecule has 1 aliphatic carbocycles. The molecule has 0 radical (unpaired) electrons. The second kappa shape index (κ2) is 5.10. The van der Waals surface area contributed by atoms with Gasteiger partial charge in [0.15, 0.2) is 0 Å². The molecule has 0 heterocycles. The van der Waals surface area contributed by atoms with Gasteiger partial charge in [-0.05, 0) is 25.7 Å². The molecule has 0 bridgehead atoms. The molecule has 0 aromatic carbocycles. The Morgan fingerprint density at radius 2 is 2.29 bits per heavy atom. The summed E-state index contributed by atoms with van der Waals surface area (Å²) < 4.78 is 0. The molecule has 0 aromatic rings. The molecule has 3 nitrogen and oxygen atoms in total. The fourth-order valence-corrected chi connectivity index (χ4v) is 2.31. The highest BCUT2D eigenvalue weighted by atomic mass is 16.3. The summed E-state index contributed by atoms with van der Waals surface area (Å²) in [6.45, 7) is 5.12. The Bertz CT molecular complexity index is 173. The Morgan fingerprint density at radius 3 is 2.86 bits per heavy atom. The Balaban J connectivity index is 2.26. The zero-order valence-corrected chi connectivity index (χ0v) is 9.29. The number of nitrogens with one attached hydrogen (secondary N) is 1. The molecule has 1 rings (SSSR count). The standard InChI is InChI=1S/C11H23NO2/c1-9-4-3-5-11(14,6-9)8-12-7-10(2)13/h9-10,12-14H,3-8H2,1-2H3/t9?,10-,11?/m0/s1. The zero-order valence-electron chi connectivity index (χ0n) is 9.29. The van der Waals surface area contributed by atoms with Gasteiger partial charge in [0.1, 0.15) is 0 Å². The molecular weight excluding hydrogens is 178 g/mol. The fraction of sp³-hybridized carbons (Fsp3) is 1.00. The summed E-state index contributed by atoms with van der Waals surface area (Å²) >= 11 is 0. The van der Waals surface area contributed by atoms with Crippen molar-refractivity contribution in [3.8, 4) is 0 Å². The minimum Gasteiger partial charge on any atom is -0.392 e. The smallest absolute Gasteiger partial charge is 0.0774 e. The van der Waals surface area contributed by atoms with Gasteiger partial charge in [0, 0.05) is 13.1 Å².